The fourth-order valence-electron chi connectivity index (χ4n) is 3.83. The van der Waals surface area contributed by atoms with Crippen LogP contribution in [0.2, 0.25) is 0 Å². The predicted molar refractivity (Wildman–Crippen MR) is 105 cm³/mol. The third kappa shape index (κ3) is 2.89. The highest BCUT2D eigenvalue weighted by Crippen LogP contribution is 2.31. The molecule has 0 aliphatic carbocycles. The first-order chi connectivity index (χ1) is 13.0. The second-order valence-corrected chi connectivity index (χ2v) is 7.11. The van der Waals surface area contributed by atoms with Gasteiger partial charge in [-0.1, -0.05) is 24.3 Å². The number of hydrogen-bond donors (Lipinski definition) is 1. The molecule has 0 saturated heterocycles. The fourth-order valence-corrected chi connectivity index (χ4v) is 3.83. The number of aromatic nitrogens is 1. The Kier molecular flexibility index (Phi) is 4.22. The summed E-state index contributed by atoms with van der Waals surface area (Å²) in [4.78, 5) is 25.8. The van der Waals surface area contributed by atoms with Crippen molar-refractivity contribution >= 4 is 16.8 Å². The average Bonchev–Trinajstić information content (AvgIpc) is 3.00. The highest BCUT2D eigenvalue weighted by atomic mass is 16.5. The molecular formula is C22H22N2O3. The minimum absolute atomic E-state index is 0.189. The van der Waals surface area contributed by atoms with Gasteiger partial charge in [-0.25, -0.2) is 0 Å². The molecule has 0 radical (unpaired) electrons. The number of ether oxygens (including phenoxy) is 1. The molecule has 0 bridgehead atoms. The Morgan fingerprint density at radius 1 is 1.22 bits per heavy atom. The molecule has 0 spiro atoms. The Labute approximate surface area is 157 Å². The minimum atomic E-state index is -0.349. The van der Waals surface area contributed by atoms with Crippen LogP contribution in [0.5, 0.6) is 5.75 Å². The lowest BCUT2D eigenvalue weighted by Crippen LogP contribution is -2.31. The molecular weight excluding hydrogens is 340 g/mol. The Morgan fingerprint density at radius 3 is 2.67 bits per heavy atom. The summed E-state index contributed by atoms with van der Waals surface area (Å²) in [6.07, 6.45) is 2.59. The molecule has 5 heteroatoms. The minimum Gasteiger partial charge on any atom is -0.497 e. The third-order valence-corrected chi connectivity index (χ3v) is 5.33. The number of rotatable bonds is 4. The number of methoxy groups -OCH3 is 1. The van der Waals surface area contributed by atoms with Gasteiger partial charge in [-0.2, -0.15) is 0 Å². The SMILES string of the molecule is COc1ccc(C(C)NC(=O)c2cn3c4c(cccc4c2=O)CC3C)cc1. The Balaban J connectivity index is 1.67. The lowest BCUT2D eigenvalue weighted by atomic mass is 10.1. The van der Waals surface area contributed by atoms with E-state index >= 15 is 0 Å². The third-order valence-electron chi connectivity index (χ3n) is 5.33. The number of benzene rings is 2. The highest BCUT2D eigenvalue weighted by Gasteiger charge is 2.24. The van der Waals surface area contributed by atoms with Crippen molar-refractivity contribution in [2.75, 3.05) is 7.11 Å². The molecule has 2 aromatic carbocycles. The summed E-state index contributed by atoms with van der Waals surface area (Å²) >= 11 is 0. The molecule has 3 aromatic rings. The van der Waals surface area contributed by atoms with Crippen LogP contribution in [0.1, 0.15) is 47.4 Å². The van der Waals surface area contributed by atoms with Crippen LogP contribution in [0.25, 0.3) is 10.9 Å². The average molecular weight is 362 g/mol. The van der Waals surface area contributed by atoms with E-state index in [1.807, 2.05) is 43.3 Å². The standard InChI is InChI=1S/C22H22N2O3/c1-13-11-16-5-4-6-18-20(16)24(13)12-19(21(18)25)22(26)23-14(2)15-7-9-17(27-3)10-8-15/h4-10,12-14H,11H2,1-3H3,(H,23,26). The van der Waals surface area contributed by atoms with Gasteiger partial charge in [0.25, 0.3) is 5.91 Å². The topological polar surface area (TPSA) is 60.3 Å². The van der Waals surface area contributed by atoms with Crippen molar-refractivity contribution in [3.05, 3.63) is 75.6 Å². The second kappa shape index (κ2) is 6.58. The molecule has 1 N–H and O–H groups in total. The van der Waals surface area contributed by atoms with Gasteiger partial charge in [-0.05, 0) is 49.6 Å². The van der Waals surface area contributed by atoms with Crippen LogP contribution in [0.3, 0.4) is 0 Å². The lowest BCUT2D eigenvalue weighted by molar-refractivity contribution is 0.0938. The summed E-state index contributed by atoms with van der Waals surface area (Å²) in [5.41, 5.74) is 3.04. The van der Waals surface area contributed by atoms with Gasteiger partial charge in [0.05, 0.1) is 18.7 Å². The molecule has 5 nitrogen and oxygen atoms in total. The number of pyridine rings is 1. The molecule has 4 rings (SSSR count). The molecule has 138 valence electrons. The van der Waals surface area contributed by atoms with Crippen molar-refractivity contribution in [2.24, 2.45) is 0 Å². The summed E-state index contributed by atoms with van der Waals surface area (Å²) in [7, 11) is 1.62. The molecule has 0 fully saturated rings. The zero-order valence-corrected chi connectivity index (χ0v) is 15.7. The van der Waals surface area contributed by atoms with E-state index in [9.17, 15) is 9.59 Å². The Morgan fingerprint density at radius 2 is 1.96 bits per heavy atom. The van der Waals surface area contributed by atoms with Crippen LogP contribution in [0, 0.1) is 0 Å². The van der Waals surface area contributed by atoms with Crippen LogP contribution in [0.15, 0.2) is 53.5 Å². The van der Waals surface area contributed by atoms with Gasteiger partial charge < -0.3 is 14.6 Å². The summed E-state index contributed by atoms with van der Waals surface area (Å²) < 4.78 is 7.22. The molecule has 1 aliphatic rings. The van der Waals surface area contributed by atoms with Gasteiger partial charge in [0.1, 0.15) is 11.3 Å². The quantitative estimate of drug-likeness (QED) is 0.771. The van der Waals surface area contributed by atoms with Gasteiger partial charge in [0.15, 0.2) is 0 Å². The lowest BCUT2D eigenvalue weighted by Gasteiger charge is -2.16. The van der Waals surface area contributed by atoms with Gasteiger partial charge in [-0.15, -0.1) is 0 Å². The molecule has 1 aromatic heterocycles. The van der Waals surface area contributed by atoms with Crippen LogP contribution < -0.4 is 15.5 Å². The van der Waals surface area contributed by atoms with E-state index < -0.39 is 0 Å². The van der Waals surface area contributed by atoms with Gasteiger partial charge in [0, 0.05) is 17.6 Å². The van der Waals surface area contributed by atoms with E-state index in [1.165, 1.54) is 0 Å². The molecule has 0 saturated carbocycles. The van der Waals surface area contributed by atoms with Crippen molar-refractivity contribution in [3.63, 3.8) is 0 Å². The van der Waals surface area contributed by atoms with Gasteiger partial charge >= 0.3 is 0 Å². The summed E-state index contributed by atoms with van der Waals surface area (Å²) in [6.45, 7) is 4.00. The number of carbonyl (C=O) groups is 1. The smallest absolute Gasteiger partial charge is 0.257 e. The Hall–Kier alpha value is -3.08. The molecule has 2 atom stereocenters. The first-order valence-corrected chi connectivity index (χ1v) is 9.11. The van der Waals surface area contributed by atoms with Crippen LogP contribution >= 0.6 is 0 Å². The van der Waals surface area contributed by atoms with Crippen molar-refractivity contribution < 1.29 is 9.53 Å². The number of hydrogen-bond acceptors (Lipinski definition) is 3. The number of carbonyl (C=O) groups excluding carboxylic acids is 1. The van der Waals surface area contributed by atoms with Crippen molar-refractivity contribution in [2.45, 2.75) is 32.4 Å². The van der Waals surface area contributed by atoms with E-state index in [0.29, 0.717) is 5.39 Å². The molecule has 27 heavy (non-hydrogen) atoms. The maximum atomic E-state index is 12.9. The molecule has 2 unspecified atom stereocenters. The van der Waals surface area contributed by atoms with E-state index in [1.54, 1.807) is 19.4 Å². The number of nitrogens with zero attached hydrogens (tertiary/aromatic N) is 1. The molecule has 2 heterocycles. The van der Waals surface area contributed by atoms with E-state index in [-0.39, 0.29) is 29.0 Å². The van der Waals surface area contributed by atoms with Crippen molar-refractivity contribution in [3.8, 4) is 5.75 Å². The van der Waals surface area contributed by atoms with Crippen LogP contribution in [-0.2, 0) is 6.42 Å². The normalized spacial score (nSPS) is 16.3. The van der Waals surface area contributed by atoms with Gasteiger partial charge in [-0.3, -0.25) is 9.59 Å². The van der Waals surface area contributed by atoms with E-state index in [2.05, 4.69) is 16.8 Å². The van der Waals surface area contributed by atoms with Crippen LogP contribution in [0.4, 0.5) is 0 Å². The number of amides is 1. The molecule has 1 aliphatic heterocycles. The maximum Gasteiger partial charge on any atom is 0.257 e. The van der Waals surface area contributed by atoms with E-state index in [4.69, 9.17) is 4.74 Å². The largest absolute Gasteiger partial charge is 0.497 e. The van der Waals surface area contributed by atoms with Crippen molar-refractivity contribution in [1.82, 2.24) is 9.88 Å². The van der Waals surface area contributed by atoms with Crippen LogP contribution in [-0.4, -0.2) is 17.6 Å². The second-order valence-electron chi connectivity index (χ2n) is 7.11. The number of para-hydroxylation sites is 1. The molecule has 1 amide bonds. The predicted octanol–water partition coefficient (Wildman–Crippen LogP) is 3.62. The fraction of sp³-hybridized carbons (Fsp3) is 0.273. The summed E-state index contributed by atoms with van der Waals surface area (Å²) in [5, 5.41) is 3.56. The monoisotopic (exact) mass is 362 g/mol. The van der Waals surface area contributed by atoms with Gasteiger partial charge in [0.2, 0.25) is 5.43 Å². The first-order valence-electron chi connectivity index (χ1n) is 9.11. The summed E-state index contributed by atoms with van der Waals surface area (Å²) in [5.74, 6) is 0.413. The van der Waals surface area contributed by atoms with Crippen molar-refractivity contribution in [1.29, 1.82) is 0 Å². The maximum absolute atomic E-state index is 12.9. The number of nitrogens with one attached hydrogen (secondary N) is 1. The first kappa shape index (κ1) is 17.3. The van der Waals surface area contributed by atoms with E-state index in [0.717, 1.165) is 28.8 Å². The Bertz CT molecular complexity index is 1080. The zero-order valence-electron chi connectivity index (χ0n) is 15.7. The zero-order chi connectivity index (χ0) is 19.1. The summed E-state index contributed by atoms with van der Waals surface area (Å²) in [6, 6.07) is 13.3. The highest BCUT2D eigenvalue weighted by molar-refractivity contribution is 5.98.